The van der Waals surface area contributed by atoms with Gasteiger partial charge in [-0.3, -0.25) is 9.48 Å². The molecule has 3 rings (SSSR count). The molecule has 0 unspecified atom stereocenters. The number of nitrogens with one attached hydrogen (secondary N) is 1. The minimum absolute atomic E-state index is 0.0117. The van der Waals surface area contributed by atoms with Crippen LogP contribution in [0, 0.1) is 11.3 Å². The summed E-state index contributed by atoms with van der Waals surface area (Å²) in [5.74, 6) is -0.950. The maximum absolute atomic E-state index is 13.4. The quantitative estimate of drug-likeness (QED) is 0.335. The highest BCUT2D eigenvalue weighted by Crippen LogP contribution is 2.43. The fraction of sp³-hybridized carbons (Fsp3) is 0.615. The number of aromatic nitrogens is 2. The molecule has 39 heavy (non-hydrogen) atoms. The molecule has 0 bridgehead atoms. The number of aliphatic hydroxyl groups is 2. The number of carbonyl (C=O) groups excluding carboxylic acids is 1. The lowest BCUT2D eigenvalue weighted by molar-refractivity contribution is -0.211. The summed E-state index contributed by atoms with van der Waals surface area (Å²) in [5.41, 5.74) is -3.71. The van der Waals surface area contributed by atoms with Gasteiger partial charge >= 0.3 is 12.8 Å². The van der Waals surface area contributed by atoms with Crippen LogP contribution in [0.1, 0.15) is 63.0 Å². The summed E-state index contributed by atoms with van der Waals surface area (Å²) >= 11 is 6.51. The van der Waals surface area contributed by atoms with Crippen molar-refractivity contribution >= 4 is 17.5 Å². The molecular formula is C26H33ClF5N3O4. The van der Waals surface area contributed by atoms with Crippen LogP contribution >= 0.6 is 11.6 Å². The van der Waals surface area contributed by atoms with Crippen LogP contribution in [0.4, 0.5) is 22.0 Å². The van der Waals surface area contributed by atoms with Crippen LogP contribution in [0.2, 0.25) is 5.02 Å². The van der Waals surface area contributed by atoms with Crippen molar-refractivity contribution in [2.45, 2.75) is 84.4 Å². The van der Waals surface area contributed by atoms with Gasteiger partial charge in [0.25, 0.3) is 5.91 Å². The van der Waals surface area contributed by atoms with Gasteiger partial charge in [-0.2, -0.15) is 27.1 Å². The van der Waals surface area contributed by atoms with Gasteiger partial charge in [0.1, 0.15) is 11.4 Å². The van der Waals surface area contributed by atoms with E-state index in [0.717, 1.165) is 19.9 Å². The van der Waals surface area contributed by atoms with Gasteiger partial charge in [0, 0.05) is 18.7 Å². The SMILES string of the molecule is CCn1nc(C(=O)NC[C@]2(O)CC[C@@H](C)C[C@H]2O)c(Cl)c1-c1ccc(CC(C)(C)C(F)(F)F)cc1OC(F)F. The number of hydrogen-bond donors (Lipinski definition) is 3. The lowest BCUT2D eigenvalue weighted by Crippen LogP contribution is -2.54. The van der Waals surface area contributed by atoms with E-state index in [9.17, 15) is 37.0 Å². The summed E-state index contributed by atoms with van der Waals surface area (Å²) in [5, 5.41) is 27.7. The first-order chi connectivity index (χ1) is 18.0. The molecule has 1 saturated carbocycles. The molecular weight excluding hydrogens is 549 g/mol. The normalized spacial score (nSPS) is 22.3. The third-order valence-corrected chi connectivity index (χ3v) is 7.57. The van der Waals surface area contributed by atoms with Gasteiger partial charge in [0.05, 0.1) is 22.2 Å². The van der Waals surface area contributed by atoms with Crippen molar-refractivity contribution in [2.75, 3.05) is 6.54 Å². The number of aliphatic hydroxyl groups excluding tert-OH is 1. The summed E-state index contributed by atoms with van der Waals surface area (Å²) in [4.78, 5) is 13.0. The van der Waals surface area contributed by atoms with E-state index in [2.05, 4.69) is 15.2 Å². The molecule has 0 saturated heterocycles. The van der Waals surface area contributed by atoms with Gasteiger partial charge in [-0.25, -0.2) is 0 Å². The molecule has 218 valence electrons. The third-order valence-electron chi connectivity index (χ3n) is 7.21. The Morgan fingerprint density at radius 3 is 2.56 bits per heavy atom. The molecule has 1 amide bonds. The number of halogens is 6. The first-order valence-electron chi connectivity index (χ1n) is 12.6. The fourth-order valence-electron chi connectivity index (χ4n) is 4.65. The number of ether oxygens (including phenoxy) is 1. The number of aryl methyl sites for hydroxylation is 1. The molecule has 2 aromatic rings. The topological polar surface area (TPSA) is 96.6 Å². The molecule has 1 fully saturated rings. The number of nitrogens with zero attached hydrogens (tertiary/aromatic N) is 2. The number of benzene rings is 1. The van der Waals surface area contributed by atoms with Crippen LogP contribution in [0.25, 0.3) is 11.3 Å². The van der Waals surface area contributed by atoms with E-state index in [1.165, 1.54) is 16.8 Å². The molecule has 3 atom stereocenters. The molecule has 1 aromatic heterocycles. The average Bonchev–Trinajstić information content (AvgIpc) is 3.15. The highest BCUT2D eigenvalue weighted by Gasteiger charge is 2.47. The summed E-state index contributed by atoms with van der Waals surface area (Å²) in [6.07, 6.45) is -4.72. The Kier molecular flexibility index (Phi) is 9.23. The molecule has 1 heterocycles. The van der Waals surface area contributed by atoms with Gasteiger partial charge in [-0.1, -0.05) is 38.4 Å². The first kappa shape index (κ1) is 31.1. The van der Waals surface area contributed by atoms with Crippen molar-refractivity contribution in [3.05, 3.63) is 34.5 Å². The molecule has 1 aromatic carbocycles. The second-order valence-electron chi connectivity index (χ2n) is 10.8. The Bertz CT molecular complexity index is 1190. The van der Waals surface area contributed by atoms with Crippen LogP contribution in [0.5, 0.6) is 5.75 Å². The van der Waals surface area contributed by atoms with E-state index < -0.39 is 48.0 Å². The van der Waals surface area contributed by atoms with E-state index in [1.807, 2.05) is 6.92 Å². The predicted octanol–water partition coefficient (Wildman–Crippen LogP) is 5.60. The average molecular weight is 582 g/mol. The van der Waals surface area contributed by atoms with Gasteiger partial charge in [0.15, 0.2) is 5.69 Å². The van der Waals surface area contributed by atoms with Crippen molar-refractivity contribution < 1.29 is 41.7 Å². The van der Waals surface area contributed by atoms with Gasteiger partial charge in [-0.05, 0) is 56.2 Å². The number of rotatable bonds is 9. The summed E-state index contributed by atoms with van der Waals surface area (Å²) < 4.78 is 72.7. The maximum atomic E-state index is 13.4. The second-order valence-corrected chi connectivity index (χ2v) is 11.2. The number of alkyl halides is 5. The lowest BCUT2D eigenvalue weighted by atomic mass is 9.77. The van der Waals surface area contributed by atoms with Gasteiger partial charge < -0.3 is 20.3 Å². The van der Waals surface area contributed by atoms with E-state index in [1.54, 1.807) is 6.92 Å². The van der Waals surface area contributed by atoms with Crippen LogP contribution in [0.15, 0.2) is 18.2 Å². The van der Waals surface area contributed by atoms with Crippen LogP contribution in [-0.2, 0) is 13.0 Å². The van der Waals surface area contributed by atoms with Crippen molar-refractivity contribution in [3.63, 3.8) is 0 Å². The standard InChI is InChI=1S/C26H33ClF5N3O4/c1-5-35-21(16-7-6-15(11-17(16)39-23(28)29)12-24(3,4)26(30,31)32)19(27)20(34-35)22(37)33-13-25(38)9-8-14(2)10-18(25)36/h6-7,11,14,18,23,36,38H,5,8-10,12-13H2,1-4H3,(H,33,37)/t14-,18-,25-/m1/s1. The fourth-order valence-corrected chi connectivity index (χ4v) is 4.98. The zero-order chi connectivity index (χ0) is 29.3. The smallest absolute Gasteiger partial charge is 0.394 e. The van der Waals surface area contributed by atoms with E-state index >= 15 is 0 Å². The zero-order valence-electron chi connectivity index (χ0n) is 22.1. The summed E-state index contributed by atoms with van der Waals surface area (Å²) in [6, 6.07) is 3.75. The van der Waals surface area contributed by atoms with Gasteiger partial charge in [0.2, 0.25) is 0 Å². The Morgan fingerprint density at radius 2 is 2.00 bits per heavy atom. The van der Waals surface area contributed by atoms with Crippen molar-refractivity contribution in [3.8, 4) is 17.0 Å². The van der Waals surface area contributed by atoms with Gasteiger partial charge in [-0.15, -0.1) is 0 Å². The minimum Gasteiger partial charge on any atom is -0.434 e. The van der Waals surface area contributed by atoms with E-state index in [0.29, 0.717) is 12.8 Å². The van der Waals surface area contributed by atoms with Crippen LogP contribution in [0.3, 0.4) is 0 Å². The summed E-state index contributed by atoms with van der Waals surface area (Å²) in [7, 11) is 0. The van der Waals surface area contributed by atoms with Crippen molar-refractivity contribution in [1.82, 2.24) is 15.1 Å². The molecule has 1 aliphatic rings. The third kappa shape index (κ3) is 6.83. The molecule has 0 spiro atoms. The molecule has 3 N–H and O–H groups in total. The zero-order valence-corrected chi connectivity index (χ0v) is 22.8. The molecule has 0 radical (unpaired) electrons. The molecule has 0 aliphatic heterocycles. The van der Waals surface area contributed by atoms with Crippen molar-refractivity contribution in [1.29, 1.82) is 0 Å². The largest absolute Gasteiger partial charge is 0.434 e. The molecule has 13 heteroatoms. The maximum Gasteiger partial charge on any atom is 0.394 e. The highest BCUT2D eigenvalue weighted by molar-refractivity contribution is 6.36. The monoisotopic (exact) mass is 581 g/mol. The molecule has 1 aliphatic carbocycles. The van der Waals surface area contributed by atoms with Crippen LogP contribution in [-0.4, -0.2) is 56.9 Å². The van der Waals surface area contributed by atoms with E-state index in [4.69, 9.17) is 11.6 Å². The Hall–Kier alpha value is -2.44. The Labute approximate surface area is 228 Å². The highest BCUT2D eigenvalue weighted by atomic mass is 35.5. The minimum atomic E-state index is -4.53. The number of amides is 1. The van der Waals surface area contributed by atoms with Crippen molar-refractivity contribution in [2.24, 2.45) is 11.3 Å². The molecule has 7 nitrogen and oxygen atoms in total. The number of carbonyl (C=O) groups is 1. The Balaban J connectivity index is 1.94. The predicted molar refractivity (Wildman–Crippen MR) is 135 cm³/mol. The van der Waals surface area contributed by atoms with E-state index in [-0.39, 0.29) is 53.0 Å². The summed E-state index contributed by atoms with van der Waals surface area (Å²) in [6.45, 7) is 2.27. The van der Waals surface area contributed by atoms with Crippen LogP contribution < -0.4 is 10.1 Å². The first-order valence-corrected chi connectivity index (χ1v) is 13.0. The number of hydrogen-bond acceptors (Lipinski definition) is 5. The second kappa shape index (κ2) is 11.6. The lowest BCUT2D eigenvalue weighted by Gasteiger charge is -2.39. The Morgan fingerprint density at radius 1 is 1.33 bits per heavy atom.